The molecule has 0 spiro atoms. The van der Waals surface area contributed by atoms with Gasteiger partial charge in [0.15, 0.2) is 5.78 Å². The minimum absolute atomic E-state index is 0.115. The molecule has 4 nitrogen and oxygen atoms in total. The smallest absolute Gasteiger partial charge is 0.167 e. The lowest BCUT2D eigenvalue weighted by Gasteiger charge is -2.17. The van der Waals surface area contributed by atoms with Crippen LogP contribution in [0.2, 0.25) is 0 Å². The Kier molecular flexibility index (Phi) is 3.48. The summed E-state index contributed by atoms with van der Waals surface area (Å²) in [5, 5.41) is 3.33. The molecule has 1 aromatic heterocycles. The van der Waals surface area contributed by atoms with Gasteiger partial charge in [-0.15, -0.1) is 0 Å². The normalized spacial score (nSPS) is 13.8. The standard InChI is InChI=1S/C16H17N3O/c17-16-8-11(3-6-19-16)7-15(20)13-2-1-12-4-5-18-10-14(12)9-13/h1-3,6,8-9,18H,4-5,7,10H2,(H2,17,19). The zero-order valence-electron chi connectivity index (χ0n) is 11.2. The van der Waals surface area contributed by atoms with E-state index in [2.05, 4.69) is 16.4 Å². The molecule has 0 radical (unpaired) electrons. The van der Waals surface area contributed by atoms with Gasteiger partial charge in [-0.05, 0) is 47.9 Å². The van der Waals surface area contributed by atoms with E-state index in [0.717, 1.165) is 30.6 Å². The number of nitrogen functional groups attached to an aromatic ring is 1. The largest absolute Gasteiger partial charge is 0.384 e. The number of fused-ring (bicyclic) bond motifs is 1. The predicted octanol–water partition coefficient (Wildman–Crippen LogP) is 1.73. The number of Topliss-reactive ketones (excluding diaryl/α,β-unsaturated/α-hetero) is 1. The lowest BCUT2D eigenvalue weighted by Crippen LogP contribution is -2.23. The molecule has 0 unspecified atom stereocenters. The van der Waals surface area contributed by atoms with Gasteiger partial charge >= 0.3 is 0 Å². The molecule has 3 rings (SSSR count). The van der Waals surface area contributed by atoms with Gasteiger partial charge in [0.25, 0.3) is 0 Å². The Morgan fingerprint density at radius 1 is 1.25 bits per heavy atom. The molecule has 0 amide bonds. The molecule has 1 aliphatic heterocycles. The van der Waals surface area contributed by atoms with E-state index in [1.54, 1.807) is 12.3 Å². The van der Waals surface area contributed by atoms with E-state index in [-0.39, 0.29) is 5.78 Å². The SMILES string of the molecule is Nc1cc(CC(=O)c2ccc3c(c2)CNCC3)ccn1. The molecule has 0 fully saturated rings. The summed E-state index contributed by atoms with van der Waals surface area (Å²) in [6.45, 7) is 1.86. The summed E-state index contributed by atoms with van der Waals surface area (Å²) in [5.74, 6) is 0.564. The number of pyridine rings is 1. The number of carbonyl (C=O) groups excluding carboxylic acids is 1. The van der Waals surface area contributed by atoms with Crippen molar-refractivity contribution in [2.75, 3.05) is 12.3 Å². The van der Waals surface area contributed by atoms with Crippen molar-refractivity contribution in [2.24, 2.45) is 0 Å². The van der Waals surface area contributed by atoms with Crippen molar-refractivity contribution in [2.45, 2.75) is 19.4 Å². The number of hydrogen-bond donors (Lipinski definition) is 2. The second kappa shape index (κ2) is 5.43. The van der Waals surface area contributed by atoms with Crippen molar-refractivity contribution in [3.63, 3.8) is 0 Å². The summed E-state index contributed by atoms with van der Waals surface area (Å²) in [4.78, 5) is 16.3. The Hall–Kier alpha value is -2.20. The van der Waals surface area contributed by atoms with Gasteiger partial charge in [0.1, 0.15) is 5.82 Å². The molecule has 1 aliphatic rings. The quantitative estimate of drug-likeness (QED) is 0.831. The maximum absolute atomic E-state index is 12.3. The zero-order chi connectivity index (χ0) is 13.9. The molecule has 102 valence electrons. The molecular formula is C16H17N3O. The number of nitrogens with one attached hydrogen (secondary N) is 1. The molecule has 20 heavy (non-hydrogen) atoms. The Balaban J connectivity index is 1.80. The topological polar surface area (TPSA) is 68.0 Å². The molecule has 0 saturated carbocycles. The number of nitrogens with zero attached hydrogens (tertiary/aromatic N) is 1. The van der Waals surface area contributed by atoms with E-state index in [1.807, 2.05) is 18.2 Å². The van der Waals surface area contributed by atoms with Crippen molar-refractivity contribution in [1.82, 2.24) is 10.3 Å². The first-order chi connectivity index (χ1) is 9.72. The fourth-order valence-electron chi connectivity index (χ4n) is 2.55. The van der Waals surface area contributed by atoms with Crippen molar-refractivity contribution >= 4 is 11.6 Å². The highest BCUT2D eigenvalue weighted by Gasteiger charge is 2.13. The van der Waals surface area contributed by atoms with Crippen LogP contribution in [0.3, 0.4) is 0 Å². The third-order valence-electron chi connectivity index (χ3n) is 3.62. The third-order valence-corrected chi connectivity index (χ3v) is 3.62. The molecule has 0 saturated heterocycles. The Labute approximate surface area is 118 Å². The first kappa shape index (κ1) is 12.8. The highest BCUT2D eigenvalue weighted by Crippen LogP contribution is 2.17. The third kappa shape index (κ3) is 2.70. The average molecular weight is 267 g/mol. The minimum Gasteiger partial charge on any atom is -0.384 e. The van der Waals surface area contributed by atoms with Gasteiger partial charge in [0.2, 0.25) is 0 Å². The van der Waals surface area contributed by atoms with Gasteiger partial charge < -0.3 is 11.1 Å². The number of aromatic nitrogens is 1. The molecular weight excluding hydrogens is 250 g/mol. The number of carbonyl (C=O) groups is 1. The summed E-state index contributed by atoms with van der Waals surface area (Å²) in [7, 11) is 0. The summed E-state index contributed by atoms with van der Waals surface area (Å²) < 4.78 is 0. The van der Waals surface area contributed by atoms with Crippen LogP contribution in [0.25, 0.3) is 0 Å². The van der Waals surface area contributed by atoms with Crippen molar-refractivity contribution in [1.29, 1.82) is 0 Å². The van der Waals surface area contributed by atoms with Crippen LogP contribution in [0.4, 0.5) is 5.82 Å². The van der Waals surface area contributed by atoms with Crippen LogP contribution in [0, 0.1) is 0 Å². The zero-order valence-corrected chi connectivity index (χ0v) is 11.2. The van der Waals surface area contributed by atoms with Crippen molar-refractivity contribution in [3.8, 4) is 0 Å². The first-order valence-corrected chi connectivity index (χ1v) is 6.78. The van der Waals surface area contributed by atoms with Crippen LogP contribution in [-0.4, -0.2) is 17.3 Å². The number of nitrogens with two attached hydrogens (primary N) is 1. The van der Waals surface area contributed by atoms with Crippen LogP contribution in [0.1, 0.15) is 27.0 Å². The van der Waals surface area contributed by atoms with Crippen molar-refractivity contribution in [3.05, 3.63) is 58.8 Å². The Morgan fingerprint density at radius 3 is 3.00 bits per heavy atom. The average Bonchev–Trinajstić information content (AvgIpc) is 2.47. The molecule has 3 N–H and O–H groups in total. The van der Waals surface area contributed by atoms with Crippen LogP contribution >= 0.6 is 0 Å². The fourth-order valence-corrected chi connectivity index (χ4v) is 2.55. The number of benzene rings is 1. The van der Waals surface area contributed by atoms with Gasteiger partial charge in [-0.3, -0.25) is 4.79 Å². The monoisotopic (exact) mass is 267 g/mol. The number of ketones is 1. The Morgan fingerprint density at radius 2 is 2.15 bits per heavy atom. The van der Waals surface area contributed by atoms with Crippen LogP contribution in [-0.2, 0) is 19.4 Å². The molecule has 4 heteroatoms. The summed E-state index contributed by atoms with van der Waals surface area (Å²) in [6.07, 6.45) is 3.03. The molecule has 1 aromatic carbocycles. The molecule has 2 heterocycles. The van der Waals surface area contributed by atoms with Gasteiger partial charge in [-0.1, -0.05) is 12.1 Å². The van der Waals surface area contributed by atoms with E-state index in [0.29, 0.717) is 12.2 Å². The summed E-state index contributed by atoms with van der Waals surface area (Å²) >= 11 is 0. The van der Waals surface area contributed by atoms with E-state index < -0.39 is 0 Å². The highest BCUT2D eigenvalue weighted by atomic mass is 16.1. The second-order valence-electron chi connectivity index (χ2n) is 5.10. The van der Waals surface area contributed by atoms with Crippen molar-refractivity contribution < 1.29 is 4.79 Å². The molecule has 0 atom stereocenters. The number of rotatable bonds is 3. The van der Waals surface area contributed by atoms with Gasteiger partial charge in [-0.25, -0.2) is 4.98 Å². The maximum Gasteiger partial charge on any atom is 0.167 e. The number of hydrogen-bond acceptors (Lipinski definition) is 4. The van der Waals surface area contributed by atoms with E-state index in [9.17, 15) is 4.79 Å². The highest BCUT2D eigenvalue weighted by molar-refractivity contribution is 5.97. The predicted molar refractivity (Wildman–Crippen MR) is 78.5 cm³/mol. The first-order valence-electron chi connectivity index (χ1n) is 6.78. The van der Waals surface area contributed by atoms with Gasteiger partial charge in [0, 0.05) is 24.7 Å². The maximum atomic E-state index is 12.3. The van der Waals surface area contributed by atoms with Crippen LogP contribution in [0.5, 0.6) is 0 Å². The number of anilines is 1. The Bertz CT molecular complexity index is 652. The second-order valence-corrected chi connectivity index (χ2v) is 5.10. The molecule has 2 aromatic rings. The van der Waals surface area contributed by atoms with Crippen LogP contribution < -0.4 is 11.1 Å². The fraction of sp³-hybridized carbons (Fsp3) is 0.250. The van der Waals surface area contributed by atoms with E-state index in [1.165, 1.54) is 11.1 Å². The van der Waals surface area contributed by atoms with Crippen LogP contribution in [0.15, 0.2) is 36.5 Å². The summed E-state index contributed by atoms with van der Waals surface area (Å²) in [6, 6.07) is 9.59. The van der Waals surface area contributed by atoms with Gasteiger partial charge in [0.05, 0.1) is 0 Å². The summed E-state index contributed by atoms with van der Waals surface area (Å²) in [5.41, 5.74) is 9.88. The van der Waals surface area contributed by atoms with E-state index in [4.69, 9.17) is 5.73 Å². The lowest BCUT2D eigenvalue weighted by molar-refractivity contribution is 0.0993. The molecule has 0 bridgehead atoms. The molecule has 0 aliphatic carbocycles. The lowest BCUT2D eigenvalue weighted by atomic mass is 9.95. The minimum atomic E-state index is 0.115. The van der Waals surface area contributed by atoms with Gasteiger partial charge in [-0.2, -0.15) is 0 Å². The van der Waals surface area contributed by atoms with E-state index >= 15 is 0 Å².